The number of esters is 1. The number of Topliss-reactive ketones (excluding diaryl/α,β-unsaturated/α-hetero) is 1. The fourth-order valence-electron chi connectivity index (χ4n) is 1.56. The van der Waals surface area contributed by atoms with E-state index in [0.717, 1.165) is 5.56 Å². The molecule has 0 aliphatic rings. The molecule has 21 heavy (non-hydrogen) atoms. The summed E-state index contributed by atoms with van der Waals surface area (Å²) in [7, 11) is 0. The van der Waals surface area contributed by atoms with Crippen LogP contribution in [0.25, 0.3) is 0 Å². The summed E-state index contributed by atoms with van der Waals surface area (Å²) in [5, 5.41) is 8.71. The van der Waals surface area contributed by atoms with Crippen LogP contribution >= 0.6 is 0 Å². The smallest absolute Gasteiger partial charge is 0.320 e. The van der Waals surface area contributed by atoms with Crippen LogP contribution in [0.2, 0.25) is 0 Å². The summed E-state index contributed by atoms with van der Waals surface area (Å²) >= 11 is 0. The monoisotopic (exact) mass is 294 g/mol. The highest BCUT2D eigenvalue weighted by Gasteiger charge is 2.12. The Morgan fingerprint density at radius 3 is 2.29 bits per heavy atom. The van der Waals surface area contributed by atoms with Gasteiger partial charge in [0.15, 0.2) is 0 Å². The van der Waals surface area contributed by atoms with Crippen LogP contribution in [0, 0.1) is 0 Å². The third kappa shape index (κ3) is 6.15. The summed E-state index contributed by atoms with van der Waals surface area (Å²) in [6.45, 7) is -0.0915. The van der Waals surface area contributed by atoms with Crippen molar-refractivity contribution in [3.8, 4) is 5.75 Å². The number of hydrogen-bond donors (Lipinski definition) is 3. The second-order valence-electron chi connectivity index (χ2n) is 4.51. The molecule has 0 fully saturated rings. The molecule has 7 heteroatoms. The molecule has 1 unspecified atom stereocenters. The first-order valence-electron chi connectivity index (χ1n) is 6.42. The van der Waals surface area contributed by atoms with Crippen molar-refractivity contribution < 1.29 is 24.2 Å². The van der Waals surface area contributed by atoms with Crippen LogP contribution in [0.3, 0.4) is 0 Å². The molecule has 1 atom stereocenters. The number of carboxylic acid groups (broad SMARTS) is 1. The normalized spacial score (nSPS) is 11.7. The number of ketones is 1. The second-order valence-corrected chi connectivity index (χ2v) is 4.51. The van der Waals surface area contributed by atoms with Gasteiger partial charge in [0.05, 0.1) is 13.0 Å². The zero-order valence-electron chi connectivity index (χ0n) is 11.5. The summed E-state index contributed by atoms with van der Waals surface area (Å²) in [5.74, 6) is -1.47. The molecule has 0 saturated carbocycles. The minimum absolute atomic E-state index is 0.0261. The van der Waals surface area contributed by atoms with E-state index in [-0.39, 0.29) is 31.6 Å². The van der Waals surface area contributed by atoms with E-state index in [4.69, 9.17) is 21.3 Å². The van der Waals surface area contributed by atoms with Crippen LogP contribution in [0.1, 0.15) is 18.4 Å². The number of carbonyl (C=O) groups is 3. The van der Waals surface area contributed by atoms with Crippen molar-refractivity contribution in [3.63, 3.8) is 0 Å². The molecule has 5 N–H and O–H groups in total. The summed E-state index contributed by atoms with van der Waals surface area (Å²) in [6.07, 6.45) is 0.219. The van der Waals surface area contributed by atoms with Crippen molar-refractivity contribution in [1.29, 1.82) is 0 Å². The molecular formula is C14H18N2O5. The van der Waals surface area contributed by atoms with E-state index >= 15 is 0 Å². The number of nitrogens with two attached hydrogens (primary N) is 2. The molecule has 0 heterocycles. The standard InChI is InChI=1S/C14H18N2O5/c15-8-10(17)3-6-13(18)21-11-4-1-9(2-5-11)7-12(16)14(19)20/h1-2,4-5,12H,3,6-8,15-16H2,(H,19,20). The van der Waals surface area contributed by atoms with Crippen LogP contribution < -0.4 is 16.2 Å². The summed E-state index contributed by atoms with van der Waals surface area (Å²) in [6, 6.07) is 5.40. The van der Waals surface area contributed by atoms with Gasteiger partial charge in [-0.3, -0.25) is 14.4 Å². The highest BCUT2D eigenvalue weighted by Crippen LogP contribution is 2.14. The first-order chi connectivity index (χ1) is 9.92. The third-order valence-electron chi connectivity index (χ3n) is 2.76. The van der Waals surface area contributed by atoms with Crippen LogP contribution in [-0.2, 0) is 20.8 Å². The molecule has 0 amide bonds. The Morgan fingerprint density at radius 2 is 1.76 bits per heavy atom. The summed E-state index contributed by atoms with van der Waals surface area (Å²) in [4.78, 5) is 33.1. The van der Waals surface area contributed by atoms with Crippen molar-refractivity contribution in [2.45, 2.75) is 25.3 Å². The highest BCUT2D eigenvalue weighted by atomic mass is 16.5. The van der Waals surface area contributed by atoms with Gasteiger partial charge >= 0.3 is 11.9 Å². The quantitative estimate of drug-likeness (QED) is 0.448. The van der Waals surface area contributed by atoms with Gasteiger partial charge in [0.25, 0.3) is 0 Å². The molecule has 0 saturated heterocycles. The number of carboxylic acids is 1. The minimum Gasteiger partial charge on any atom is -0.480 e. The van der Waals surface area contributed by atoms with Gasteiger partial charge in [-0.1, -0.05) is 12.1 Å². The van der Waals surface area contributed by atoms with Gasteiger partial charge in [0, 0.05) is 6.42 Å². The van der Waals surface area contributed by atoms with E-state index in [9.17, 15) is 14.4 Å². The van der Waals surface area contributed by atoms with Crippen molar-refractivity contribution in [2.24, 2.45) is 11.5 Å². The maximum Gasteiger partial charge on any atom is 0.320 e. The van der Waals surface area contributed by atoms with Crippen molar-refractivity contribution in [2.75, 3.05) is 6.54 Å². The predicted molar refractivity (Wildman–Crippen MR) is 74.7 cm³/mol. The zero-order valence-corrected chi connectivity index (χ0v) is 11.5. The van der Waals surface area contributed by atoms with Crippen molar-refractivity contribution in [1.82, 2.24) is 0 Å². The average molecular weight is 294 g/mol. The molecule has 1 rings (SSSR count). The Bertz CT molecular complexity index is 513. The molecule has 1 aromatic rings. The number of ether oxygens (including phenoxy) is 1. The average Bonchev–Trinajstić information content (AvgIpc) is 2.46. The Hall–Kier alpha value is -2.25. The van der Waals surface area contributed by atoms with Gasteiger partial charge in [0.1, 0.15) is 17.6 Å². The Balaban J connectivity index is 2.49. The molecule has 1 aromatic carbocycles. The zero-order chi connectivity index (χ0) is 15.8. The van der Waals surface area contributed by atoms with Gasteiger partial charge in [-0.15, -0.1) is 0 Å². The highest BCUT2D eigenvalue weighted by molar-refractivity contribution is 5.84. The largest absolute Gasteiger partial charge is 0.480 e. The van der Waals surface area contributed by atoms with E-state index in [1.807, 2.05) is 0 Å². The fourth-order valence-corrected chi connectivity index (χ4v) is 1.56. The van der Waals surface area contributed by atoms with E-state index in [1.54, 1.807) is 24.3 Å². The number of rotatable bonds is 8. The number of benzene rings is 1. The predicted octanol–water partition coefficient (Wildman–Crippen LogP) is -0.146. The third-order valence-corrected chi connectivity index (χ3v) is 2.76. The van der Waals surface area contributed by atoms with Crippen molar-refractivity contribution >= 4 is 17.7 Å². The first-order valence-corrected chi connectivity index (χ1v) is 6.42. The van der Waals surface area contributed by atoms with E-state index in [2.05, 4.69) is 0 Å². The van der Waals surface area contributed by atoms with Gasteiger partial charge in [-0.2, -0.15) is 0 Å². The van der Waals surface area contributed by atoms with Crippen LogP contribution in [-0.4, -0.2) is 35.4 Å². The summed E-state index contributed by atoms with van der Waals surface area (Å²) < 4.78 is 5.04. The molecule has 0 aromatic heterocycles. The number of hydrogen-bond acceptors (Lipinski definition) is 6. The van der Waals surface area contributed by atoms with Gasteiger partial charge in [-0.25, -0.2) is 0 Å². The summed E-state index contributed by atoms with van der Waals surface area (Å²) in [5.41, 5.74) is 11.3. The van der Waals surface area contributed by atoms with Gasteiger partial charge in [0.2, 0.25) is 0 Å². The molecule has 0 aliphatic carbocycles. The number of aliphatic carboxylic acids is 1. The van der Waals surface area contributed by atoms with E-state index in [0.29, 0.717) is 5.75 Å². The second kappa shape index (κ2) is 8.13. The molecular weight excluding hydrogens is 276 g/mol. The first kappa shape index (κ1) is 16.8. The Labute approximate surface area is 121 Å². The lowest BCUT2D eigenvalue weighted by molar-refractivity contribution is -0.138. The fraction of sp³-hybridized carbons (Fsp3) is 0.357. The maximum atomic E-state index is 11.5. The molecule has 7 nitrogen and oxygen atoms in total. The van der Waals surface area contributed by atoms with E-state index < -0.39 is 18.0 Å². The molecule has 0 spiro atoms. The lowest BCUT2D eigenvalue weighted by Crippen LogP contribution is -2.32. The number of carbonyl (C=O) groups excluding carboxylic acids is 2. The van der Waals surface area contributed by atoms with Crippen LogP contribution in [0.5, 0.6) is 5.75 Å². The van der Waals surface area contributed by atoms with Gasteiger partial charge < -0.3 is 21.3 Å². The lowest BCUT2D eigenvalue weighted by Gasteiger charge is -2.08. The lowest BCUT2D eigenvalue weighted by atomic mass is 10.1. The SMILES string of the molecule is NCC(=O)CCC(=O)Oc1ccc(CC(N)C(=O)O)cc1. The van der Waals surface area contributed by atoms with Gasteiger partial charge in [-0.05, 0) is 24.1 Å². The molecule has 0 bridgehead atoms. The van der Waals surface area contributed by atoms with Crippen molar-refractivity contribution in [3.05, 3.63) is 29.8 Å². The minimum atomic E-state index is -1.07. The topological polar surface area (TPSA) is 133 Å². The molecule has 0 aliphatic heterocycles. The Morgan fingerprint density at radius 1 is 1.14 bits per heavy atom. The van der Waals surface area contributed by atoms with Crippen LogP contribution in [0.4, 0.5) is 0 Å². The molecule has 114 valence electrons. The Kier molecular flexibility index (Phi) is 6.51. The maximum absolute atomic E-state index is 11.5. The van der Waals surface area contributed by atoms with E-state index in [1.165, 1.54) is 0 Å². The van der Waals surface area contributed by atoms with Crippen LogP contribution in [0.15, 0.2) is 24.3 Å². The molecule has 0 radical (unpaired) electrons.